The molecule has 20 heavy (non-hydrogen) atoms. The van der Waals surface area contributed by atoms with Gasteiger partial charge in [-0.15, -0.1) is 0 Å². The van der Waals surface area contributed by atoms with Crippen LogP contribution in [0.5, 0.6) is 0 Å². The Morgan fingerprint density at radius 3 is 2.50 bits per heavy atom. The fourth-order valence-corrected chi connectivity index (χ4v) is 1.95. The van der Waals surface area contributed by atoms with Crippen molar-refractivity contribution in [3.63, 3.8) is 0 Å². The minimum absolute atomic E-state index is 0.0386. The monoisotopic (exact) mass is 279 g/mol. The molecule has 1 aromatic heterocycles. The second kappa shape index (κ2) is 5.22. The standard InChI is InChI=1S/C13H22BN3O3/c1-10(18)15-6-7-17-9-11(8-16-17)14-19-12(2,3)13(4,5)20-14/h8-9H,6-7H2,1-5H3,(H,15,18). The molecule has 2 rings (SSSR count). The largest absolute Gasteiger partial charge is 0.498 e. The molecule has 0 saturated carbocycles. The van der Waals surface area contributed by atoms with Crippen LogP contribution in [0.4, 0.5) is 0 Å². The number of nitrogens with zero attached hydrogens (tertiary/aromatic N) is 2. The smallest absolute Gasteiger partial charge is 0.399 e. The molecule has 1 aliphatic heterocycles. The van der Waals surface area contributed by atoms with E-state index in [2.05, 4.69) is 10.4 Å². The Labute approximate surface area is 120 Å². The van der Waals surface area contributed by atoms with Gasteiger partial charge in [-0.2, -0.15) is 5.10 Å². The van der Waals surface area contributed by atoms with E-state index in [1.165, 1.54) is 6.92 Å². The quantitative estimate of drug-likeness (QED) is 0.806. The molecule has 1 aliphatic rings. The molecule has 110 valence electrons. The van der Waals surface area contributed by atoms with E-state index in [1.807, 2.05) is 33.9 Å². The van der Waals surface area contributed by atoms with Crippen LogP contribution in [0.2, 0.25) is 0 Å². The number of carbonyl (C=O) groups excluding carboxylic acids is 1. The van der Waals surface area contributed by atoms with Gasteiger partial charge in [0.15, 0.2) is 0 Å². The summed E-state index contributed by atoms with van der Waals surface area (Å²) in [5, 5.41) is 7.00. The summed E-state index contributed by atoms with van der Waals surface area (Å²) >= 11 is 0. The van der Waals surface area contributed by atoms with Gasteiger partial charge in [0.25, 0.3) is 0 Å². The number of amides is 1. The summed E-state index contributed by atoms with van der Waals surface area (Å²) in [5.74, 6) is -0.0386. The lowest BCUT2D eigenvalue weighted by Crippen LogP contribution is -2.41. The van der Waals surface area contributed by atoms with Crippen LogP contribution in [-0.2, 0) is 20.6 Å². The first-order valence-electron chi connectivity index (χ1n) is 6.84. The van der Waals surface area contributed by atoms with Crippen LogP contribution in [0.25, 0.3) is 0 Å². The molecule has 7 heteroatoms. The zero-order valence-corrected chi connectivity index (χ0v) is 12.8. The molecule has 1 N–H and O–H groups in total. The summed E-state index contributed by atoms with van der Waals surface area (Å²) in [6.45, 7) is 10.8. The van der Waals surface area contributed by atoms with E-state index in [9.17, 15) is 4.79 Å². The van der Waals surface area contributed by atoms with Crippen molar-refractivity contribution in [2.24, 2.45) is 0 Å². The maximum absolute atomic E-state index is 10.8. The van der Waals surface area contributed by atoms with Gasteiger partial charge in [0, 0.05) is 31.3 Å². The molecule has 0 unspecified atom stereocenters. The van der Waals surface area contributed by atoms with E-state index in [-0.39, 0.29) is 17.1 Å². The third-order valence-corrected chi connectivity index (χ3v) is 3.89. The number of rotatable bonds is 4. The molecule has 0 spiro atoms. The second-order valence-electron chi connectivity index (χ2n) is 6.11. The van der Waals surface area contributed by atoms with Gasteiger partial charge < -0.3 is 14.6 Å². The van der Waals surface area contributed by atoms with Crippen LogP contribution in [0.1, 0.15) is 34.6 Å². The Hall–Kier alpha value is -1.34. The number of aromatic nitrogens is 2. The van der Waals surface area contributed by atoms with E-state index < -0.39 is 7.12 Å². The van der Waals surface area contributed by atoms with E-state index >= 15 is 0 Å². The van der Waals surface area contributed by atoms with Crippen molar-refractivity contribution in [3.05, 3.63) is 12.4 Å². The molecule has 1 aromatic rings. The van der Waals surface area contributed by atoms with Gasteiger partial charge in [0.2, 0.25) is 5.91 Å². The lowest BCUT2D eigenvalue weighted by atomic mass is 9.82. The molecule has 0 aliphatic carbocycles. The minimum atomic E-state index is -0.394. The Bertz CT molecular complexity index is 483. The topological polar surface area (TPSA) is 65.4 Å². The summed E-state index contributed by atoms with van der Waals surface area (Å²) in [6.07, 6.45) is 3.64. The van der Waals surface area contributed by atoms with Crippen LogP contribution < -0.4 is 10.8 Å². The highest BCUT2D eigenvalue weighted by molar-refractivity contribution is 6.61. The fraction of sp³-hybridized carbons (Fsp3) is 0.692. The van der Waals surface area contributed by atoms with Crippen LogP contribution >= 0.6 is 0 Å². The summed E-state index contributed by atoms with van der Waals surface area (Å²) in [6, 6.07) is 0. The maximum atomic E-state index is 10.8. The number of hydrogen-bond donors (Lipinski definition) is 1. The Morgan fingerprint density at radius 1 is 1.35 bits per heavy atom. The van der Waals surface area contributed by atoms with Gasteiger partial charge in [0.1, 0.15) is 0 Å². The number of carbonyl (C=O) groups is 1. The van der Waals surface area contributed by atoms with Crippen molar-refractivity contribution in [3.8, 4) is 0 Å². The van der Waals surface area contributed by atoms with Crippen LogP contribution in [0.15, 0.2) is 12.4 Å². The number of nitrogens with one attached hydrogen (secondary N) is 1. The Balaban J connectivity index is 1.98. The molecule has 0 bridgehead atoms. The first kappa shape index (κ1) is 15.1. The summed E-state index contributed by atoms with van der Waals surface area (Å²) in [7, 11) is -0.394. The molecule has 2 heterocycles. The lowest BCUT2D eigenvalue weighted by Gasteiger charge is -2.32. The van der Waals surface area contributed by atoms with Crippen LogP contribution in [-0.4, -0.2) is 40.6 Å². The molecule has 1 saturated heterocycles. The fourth-order valence-electron chi connectivity index (χ4n) is 1.95. The highest BCUT2D eigenvalue weighted by Gasteiger charge is 2.52. The normalized spacial score (nSPS) is 20.1. The zero-order chi connectivity index (χ0) is 15.0. The predicted octanol–water partition coefficient (Wildman–Crippen LogP) is 0.318. The predicted molar refractivity (Wildman–Crippen MR) is 76.6 cm³/mol. The van der Waals surface area contributed by atoms with Crippen LogP contribution in [0.3, 0.4) is 0 Å². The van der Waals surface area contributed by atoms with E-state index in [4.69, 9.17) is 9.31 Å². The average molecular weight is 279 g/mol. The molecule has 0 atom stereocenters. The highest BCUT2D eigenvalue weighted by atomic mass is 16.7. The minimum Gasteiger partial charge on any atom is -0.399 e. The molecule has 1 fully saturated rings. The molecular weight excluding hydrogens is 257 g/mol. The first-order valence-corrected chi connectivity index (χ1v) is 6.84. The van der Waals surface area contributed by atoms with Crippen molar-refractivity contribution in [2.45, 2.75) is 52.4 Å². The summed E-state index contributed by atoms with van der Waals surface area (Å²) < 4.78 is 13.7. The summed E-state index contributed by atoms with van der Waals surface area (Å²) in [4.78, 5) is 10.8. The van der Waals surface area contributed by atoms with Crippen molar-refractivity contribution >= 4 is 18.5 Å². The van der Waals surface area contributed by atoms with Crippen molar-refractivity contribution in [1.29, 1.82) is 0 Å². The first-order chi connectivity index (χ1) is 9.21. The van der Waals surface area contributed by atoms with Gasteiger partial charge in [-0.1, -0.05) is 0 Å². The lowest BCUT2D eigenvalue weighted by molar-refractivity contribution is -0.118. The second-order valence-corrected chi connectivity index (χ2v) is 6.11. The molecule has 0 aromatic carbocycles. The van der Waals surface area contributed by atoms with E-state index in [0.29, 0.717) is 13.1 Å². The molecular formula is C13H22BN3O3. The van der Waals surface area contributed by atoms with Gasteiger partial charge >= 0.3 is 7.12 Å². The van der Waals surface area contributed by atoms with Gasteiger partial charge in [-0.05, 0) is 27.7 Å². The molecule has 6 nitrogen and oxygen atoms in total. The van der Waals surface area contributed by atoms with E-state index in [1.54, 1.807) is 10.9 Å². The van der Waals surface area contributed by atoms with E-state index in [0.717, 1.165) is 5.46 Å². The van der Waals surface area contributed by atoms with Crippen LogP contribution in [0, 0.1) is 0 Å². The zero-order valence-electron chi connectivity index (χ0n) is 12.8. The van der Waals surface area contributed by atoms with Crippen molar-refractivity contribution in [1.82, 2.24) is 15.1 Å². The van der Waals surface area contributed by atoms with Gasteiger partial charge in [-0.25, -0.2) is 0 Å². The molecule has 0 radical (unpaired) electrons. The van der Waals surface area contributed by atoms with Gasteiger partial charge in [0.05, 0.1) is 17.7 Å². The maximum Gasteiger partial charge on any atom is 0.498 e. The Morgan fingerprint density at radius 2 is 1.95 bits per heavy atom. The average Bonchev–Trinajstić information content (AvgIpc) is 2.82. The highest BCUT2D eigenvalue weighted by Crippen LogP contribution is 2.36. The third-order valence-electron chi connectivity index (χ3n) is 3.89. The summed E-state index contributed by atoms with van der Waals surface area (Å²) in [5.41, 5.74) is 0.192. The number of hydrogen-bond acceptors (Lipinski definition) is 4. The van der Waals surface area contributed by atoms with Gasteiger partial charge in [-0.3, -0.25) is 9.48 Å². The third kappa shape index (κ3) is 3.04. The van der Waals surface area contributed by atoms with Crippen molar-refractivity contribution < 1.29 is 14.1 Å². The molecule has 1 amide bonds. The Kier molecular flexibility index (Phi) is 3.93. The SMILES string of the molecule is CC(=O)NCCn1cc(B2OC(C)(C)C(C)(C)O2)cn1. The van der Waals surface area contributed by atoms with Crippen molar-refractivity contribution in [2.75, 3.05) is 6.54 Å².